The molecule has 0 aliphatic carbocycles. The SMILES string of the molecule is CCCc1c(O)nc(-c2cncc3ccccc23)[nH]c1=O. The summed E-state index contributed by atoms with van der Waals surface area (Å²) in [5.41, 5.74) is 0.727. The third-order valence-electron chi connectivity index (χ3n) is 3.42. The summed E-state index contributed by atoms with van der Waals surface area (Å²) in [7, 11) is 0. The van der Waals surface area contributed by atoms with E-state index in [9.17, 15) is 9.90 Å². The number of fused-ring (bicyclic) bond motifs is 1. The zero-order valence-electron chi connectivity index (χ0n) is 11.6. The van der Waals surface area contributed by atoms with Gasteiger partial charge in [-0.3, -0.25) is 9.78 Å². The van der Waals surface area contributed by atoms with Crippen LogP contribution in [0.1, 0.15) is 18.9 Å². The van der Waals surface area contributed by atoms with E-state index in [1.165, 1.54) is 0 Å². The van der Waals surface area contributed by atoms with Crippen molar-refractivity contribution in [3.05, 3.63) is 52.6 Å². The number of hydrogen-bond donors (Lipinski definition) is 2. The molecule has 0 atom stereocenters. The minimum Gasteiger partial charge on any atom is -0.493 e. The molecule has 0 saturated carbocycles. The van der Waals surface area contributed by atoms with Crippen LogP contribution >= 0.6 is 0 Å². The lowest BCUT2D eigenvalue weighted by atomic mass is 10.1. The Morgan fingerprint density at radius 1 is 1.24 bits per heavy atom. The molecule has 0 fully saturated rings. The number of H-pyrrole nitrogens is 1. The molecule has 3 aromatic rings. The molecule has 0 bridgehead atoms. The maximum Gasteiger partial charge on any atom is 0.258 e. The second-order valence-corrected chi connectivity index (χ2v) is 4.87. The highest BCUT2D eigenvalue weighted by atomic mass is 16.3. The topological polar surface area (TPSA) is 78.9 Å². The van der Waals surface area contributed by atoms with E-state index in [1.807, 2.05) is 31.2 Å². The minimum atomic E-state index is -0.299. The zero-order valence-corrected chi connectivity index (χ0v) is 11.6. The van der Waals surface area contributed by atoms with E-state index in [4.69, 9.17) is 0 Å². The molecule has 0 aliphatic heterocycles. The number of rotatable bonds is 3. The average molecular weight is 281 g/mol. The van der Waals surface area contributed by atoms with Gasteiger partial charge in [-0.1, -0.05) is 37.6 Å². The Kier molecular flexibility index (Phi) is 3.39. The fraction of sp³-hybridized carbons (Fsp3) is 0.188. The van der Waals surface area contributed by atoms with Crippen molar-refractivity contribution in [1.29, 1.82) is 0 Å². The lowest BCUT2D eigenvalue weighted by Crippen LogP contribution is -2.15. The van der Waals surface area contributed by atoms with Crippen LogP contribution in [0.4, 0.5) is 0 Å². The van der Waals surface area contributed by atoms with Crippen LogP contribution in [0.15, 0.2) is 41.5 Å². The van der Waals surface area contributed by atoms with Gasteiger partial charge in [-0.15, -0.1) is 0 Å². The van der Waals surface area contributed by atoms with Crippen molar-refractivity contribution < 1.29 is 5.11 Å². The molecule has 3 rings (SSSR count). The number of aromatic nitrogens is 3. The maximum atomic E-state index is 12.1. The van der Waals surface area contributed by atoms with Gasteiger partial charge in [-0.05, 0) is 11.8 Å². The van der Waals surface area contributed by atoms with Gasteiger partial charge in [0, 0.05) is 23.3 Å². The van der Waals surface area contributed by atoms with Crippen LogP contribution in [0, 0.1) is 0 Å². The molecule has 1 aromatic carbocycles. The lowest BCUT2D eigenvalue weighted by Gasteiger charge is -2.07. The Morgan fingerprint density at radius 3 is 2.81 bits per heavy atom. The van der Waals surface area contributed by atoms with Crippen LogP contribution in [0.25, 0.3) is 22.2 Å². The number of aromatic hydroxyl groups is 1. The molecule has 0 unspecified atom stereocenters. The van der Waals surface area contributed by atoms with Crippen LogP contribution < -0.4 is 5.56 Å². The lowest BCUT2D eigenvalue weighted by molar-refractivity contribution is 0.443. The van der Waals surface area contributed by atoms with Crippen molar-refractivity contribution in [2.24, 2.45) is 0 Å². The highest BCUT2D eigenvalue weighted by molar-refractivity contribution is 5.94. The van der Waals surface area contributed by atoms with Crippen molar-refractivity contribution in [2.45, 2.75) is 19.8 Å². The van der Waals surface area contributed by atoms with Crippen molar-refractivity contribution in [1.82, 2.24) is 15.0 Å². The predicted molar refractivity (Wildman–Crippen MR) is 81.3 cm³/mol. The highest BCUT2D eigenvalue weighted by Gasteiger charge is 2.13. The molecule has 2 heterocycles. The first-order chi connectivity index (χ1) is 10.2. The van der Waals surface area contributed by atoms with E-state index in [0.29, 0.717) is 23.4 Å². The van der Waals surface area contributed by atoms with Gasteiger partial charge in [0.2, 0.25) is 5.88 Å². The number of aromatic amines is 1. The molecule has 0 amide bonds. The van der Waals surface area contributed by atoms with Gasteiger partial charge in [0.1, 0.15) is 5.82 Å². The fourth-order valence-electron chi connectivity index (χ4n) is 2.39. The van der Waals surface area contributed by atoms with Gasteiger partial charge in [0.25, 0.3) is 5.56 Å². The molecule has 0 spiro atoms. The van der Waals surface area contributed by atoms with Crippen LogP contribution in [0.2, 0.25) is 0 Å². The fourth-order valence-corrected chi connectivity index (χ4v) is 2.39. The van der Waals surface area contributed by atoms with Gasteiger partial charge in [0.15, 0.2) is 0 Å². The summed E-state index contributed by atoms with van der Waals surface area (Å²) in [6.45, 7) is 1.95. The molecule has 5 heteroatoms. The number of nitrogens with zero attached hydrogens (tertiary/aromatic N) is 2. The monoisotopic (exact) mass is 281 g/mol. The van der Waals surface area contributed by atoms with Gasteiger partial charge in [0.05, 0.1) is 5.56 Å². The Morgan fingerprint density at radius 2 is 2.05 bits per heavy atom. The normalized spacial score (nSPS) is 10.9. The molecule has 21 heavy (non-hydrogen) atoms. The number of nitrogens with one attached hydrogen (secondary N) is 1. The van der Waals surface area contributed by atoms with E-state index in [1.54, 1.807) is 12.4 Å². The van der Waals surface area contributed by atoms with Gasteiger partial charge in [-0.25, -0.2) is 0 Å². The largest absolute Gasteiger partial charge is 0.493 e. The third kappa shape index (κ3) is 2.38. The molecule has 2 aromatic heterocycles. The Balaban J connectivity index is 2.22. The first-order valence-electron chi connectivity index (χ1n) is 6.86. The molecule has 0 aliphatic rings. The summed E-state index contributed by atoms with van der Waals surface area (Å²) >= 11 is 0. The molecule has 2 N–H and O–H groups in total. The van der Waals surface area contributed by atoms with E-state index in [2.05, 4.69) is 15.0 Å². The Bertz CT molecular complexity index is 850. The van der Waals surface area contributed by atoms with E-state index in [0.717, 1.165) is 17.2 Å². The van der Waals surface area contributed by atoms with Crippen LogP contribution in [0.5, 0.6) is 5.88 Å². The highest BCUT2D eigenvalue weighted by Crippen LogP contribution is 2.25. The van der Waals surface area contributed by atoms with E-state index >= 15 is 0 Å². The average Bonchev–Trinajstić information content (AvgIpc) is 2.50. The number of benzene rings is 1. The number of hydrogen-bond acceptors (Lipinski definition) is 4. The molecule has 5 nitrogen and oxygen atoms in total. The smallest absolute Gasteiger partial charge is 0.258 e. The molecule has 106 valence electrons. The molecular weight excluding hydrogens is 266 g/mol. The second-order valence-electron chi connectivity index (χ2n) is 4.87. The minimum absolute atomic E-state index is 0.205. The molecule has 0 saturated heterocycles. The summed E-state index contributed by atoms with van der Waals surface area (Å²) < 4.78 is 0. The van der Waals surface area contributed by atoms with Crippen LogP contribution in [-0.2, 0) is 6.42 Å². The summed E-state index contributed by atoms with van der Waals surface area (Å²) in [5, 5.41) is 11.9. The van der Waals surface area contributed by atoms with Gasteiger partial charge in [-0.2, -0.15) is 4.98 Å². The van der Waals surface area contributed by atoms with Gasteiger partial charge < -0.3 is 10.1 Å². The summed E-state index contributed by atoms with van der Waals surface area (Å²) in [4.78, 5) is 23.1. The second kappa shape index (κ2) is 5.36. The first-order valence-corrected chi connectivity index (χ1v) is 6.86. The van der Waals surface area contributed by atoms with Crippen molar-refractivity contribution >= 4 is 10.8 Å². The van der Waals surface area contributed by atoms with Crippen LogP contribution in [-0.4, -0.2) is 20.1 Å². The predicted octanol–water partition coefficient (Wildman–Crippen LogP) is 2.64. The van der Waals surface area contributed by atoms with Crippen LogP contribution in [0.3, 0.4) is 0 Å². The Labute approximate surface area is 121 Å². The summed E-state index contributed by atoms with van der Waals surface area (Å²) in [6, 6.07) is 7.71. The van der Waals surface area contributed by atoms with E-state index < -0.39 is 0 Å². The summed E-state index contributed by atoms with van der Waals surface area (Å²) in [5.74, 6) is 0.130. The first kappa shape index (κ1) is 13.3. The standard InChI is InChI=1S/C16H15N3O2/c1-2-5-12-15(20)18-14(19-16(12)21)13-9-17-8-10-6-3-4-7-11(10)13/h3-4,6-9H,2,5H2,1H3,(H2,18,19,20,21). The number of pyridine rings is 1. The van der Waals surface area contributed by atoms with E-state index in [-0.39, 0.29) is 11.4 Å². The maximum absolute atomic E-state index is 12.1. The van der Waals surface area contributed by atoms with Gasteiger partial charge >= 0.3 is 0 Å². The quantitative estimate of drug-likeness (QED) is 0.773. The van der Waals surface area contributed by atoms with Crippen molar-refractivity contribution in [3.8, 4) is 17.3 Å². The zero-order chi connectivity index (χ0) is 14.8. The molecule has 0 radical (unpaired) electrons. The summed E-state index contributed by atoms with van der Waals surface area (Å²) in [6.07, 6.45) is 4.66. The molecular formula is C16H15N3O2. The third-order valence-corrected chi connectivity index (χ3v) is 3.42. The van der Waals surface area contributed by atoms with Crippen molar-refractivity contribution in [3.63, 3.8) is 0 Å². The van der Waals surface area contributed by atoms with Crippen molar-refractivity contribution in [2.75, 3.05) is 0 Å². The Hall–Kier alpha value is -2.69.